The first kappa shape index (κ1) is 12.4. The minimum absolute atomic E-state index is 0.0476. The van der Waals surface area contributed by atoms with E-state index in [9.17, 15) is 4.79 Å². The molecule has 0 fully saturated rings. The van der Waals surface area contributed by atoms with Crippen LogP contribution >= 0.6 is 11.6 Å². The zero-order valence-electron chi connectivity index (χ0n) is 9.34. The summed E-state index contributed by atoms with van der Waals surface area (Å²) in [7, 11) is 0. The number of nitrogens with zero attached hydrogens (tertiary/aromatic N) is 1. The van der Waals surface area contributed by atoms with E-state index in [4.69, 9.17) is 21.4 Å². The molecule has 0 aliphatic carbocycles. The summed E-state index contributed by atoms with van der Waals surface area (Å²) in [5, 5.41) is 9.31. The molecule has 92 valence electrons. The van der Waals surface area contributed by atoms with Crippen LogP contribution in [0.2, 0.25) is 5.02 Å². The van der Waals surface area contributed by atoms with Crippen LogP contribution in [-0.2, 0) is 6.61 Å². The van der Waals surface area contributed by atoms with Crippen LogP contribution in [0.4, 0.5) is 0 Å². The number of ether oxygens (including phenoxy) is 1. The van der Waals surface area contributed by atoms with Gasteiger partial charge in [-0.05, 0) is 18.2 Å². The lowest BCUT2D eigenvalue weighted by Crippen LogP contribution is -2.04. The minimum atomic E-state index is -1.07. The number of hydrogen-bond acceptors (Lipinski definition) is 3. The van der Waals surface area contributed by atoms with Crippen molar-refractivity contribution in [2.45, 2.75) is 6.61 Å². The Kier molecular flexibility index (Phi) is 3.79. The van der Waals surface area contributed by atoms with Gasteiger partial charge in [-0.2, -0.15) is 0 Å². The first-order valence-corrected chi connectivity index (χ1v) is 5.60. The van der Waals surface area contributed by atoms with Gasteiger partial charge in [-0.3, -0.25) is 4.98 Å². The monoisotopic (exact) mass is 263 g/mol. The topological polar surface area (TPSA) is 59.4 Å². The zero-order chi connectivity index (χ0) is 13.0. The number of carboxylic acid groups (broad SMARTS) is 1. The summed E-state index contributed by atoms with van der Waals surface area (Å²) in [6.45, 7) is 0.220. The van der Waals surface area contributed by atoms with E-state index < -0.39 is 5.97 Å². The molecule has 0 radical (unpaired) electrons. The standard InChI is InChI=1S/C13H10ClNO3/c14-11-5-1-4-10(13(16)17)12(11)18-8-9-3-2-6-15-7-9/h1-7H,8H2,(H,16,17). The van der Waals surface area contributed by atoms with Crippen LogP contribution in [0.1, 0.15) is 15.9 Å². The average molecular weight is 264 g/mol. The molecule has 4 nitrogen and oxygen atoms in total. The minimum Gasteiger partial charge on any atom is -0.486 e. The second kappa shape index (κ2) is 5.51. The maximum atomic E-state index is 11.0. The van der Waals surface area contributed by atoms with Crippen molar-refractivity contribution in [3.63, 3.8) is 0 Å². The van der Waals surface area contributed by atoms with Gasteiger partial charge in [-0.1, -0.05) is 23.7 Å². The lowest BCUT2D eigenvalue weighted by Gasteiger charge is -2.10. The highest BCUT2D eigenvalue weighted by Crippen LogP contribution is 2.29. The number of aromatic nitrogens is 1. The number of carbonyl (C=O) groups is 1. The smallest absolute Gasteiger partial charge is 0.339 e. The van der Waals surface area contributed by atoms with Gasteiger partial charge >= 0.3 is 5.97 Å². The van der Waals surface area contributed by atoms with E-state index >= 15 is 0 Å². The summed E-state index contributed by atoms with van der Waals surface area (Å²) in [5.74, 6) is -0.894. The Morgan fingerprint density at radius 1 is 1.33 bits per heavy atom. The van der Waals surface area contributed by atoms with Crippen LogP contribution in [0.25, 0.3) is 0 Å². The van der Waals surface area contributed by atoms with Crippen molar-refractivity contribution in [1.29, 1.82) is 0 Å². The summed E-state index contributed by atoms with van der Waals surface area (Å²) in [5.41, 5.74) is 0.889. The number of pyridine rings is 1. The van der Waals surface area contributed by atoms with Crippen molar-refractivity contribution in [1.82, 2.24) is 4.98 Å². The molecule has 0 bridgehead atoms. The molecule has 2 aromatic rings. The predicted octanol–water partition coefficient (Wildman–Crippen LogP) is 3.01. The number of benzene rings is 1. The first-order valence-electron chi connectivity index (χ1n) is 5.22. The lowest BCUT2D eigenvalue weighted by atomic mass is 10.2. The van der Waals surface area contributed by atoms with E-state index in [0.717, 1.165) is 5.56 Å². The molecular weight excluding hydrogens is 254 g/mol. The molecule has 0 saturated carbocycles. The summed E-state index contributed by atoms with van der Waals surface area (Å²) >= 11 is 5.94. The van der Waals surface area contributed by atoms with Crippen molar-refractivity contribution in [2.75, 3.05) is 0 Å². The molecule has 0 spiro atoms. The number of carboxylic acids is 1. The Morgan fingerprint density at radius 3 is 2.83 bits per heavy atom. The van der Waals surface area contributed by atoms with Crippen molar-refractivity contribution in [2.24, 2.45) is 0 Å². The third kappa shape index (κ3) is 2.78. The fourth-order valence-corrected chi connectivity index (χ4v) is 1.69. The molecule has 2 rings (SSSR count). The van der Waals surface area contributed by atoms with E-state index in [1.807, 2.05) is 6.07 Å². The third-order valence-corrected chi connectivity index (χ3v) is 2.60. The van der Waals surface area contributed by atoms with Gasteiger partial charge in [0.05, 0.1) is 5.02 Å². The van der Waals surface area contributed by atoms with E-state index in [-0.39, 0.29) is 22.9 Å². The number of halogens is 1. The van der Waals surface area contributed by atoms with Crippen LogP contribution < -0.4 is 4.74 Å². The molecular formula is C13H10ClNO3. The Morgan fingerprint density at radius 2 is 2.17 bits per heavy atom. The highest BCUT2D eigenvalue weighted by molar-refractivity contribution is 6.32. The highest BCUT2D eigenvalue weighted by atomic mass is 35.5. The molecule has 0 amide bonds. The highest BCUT2D eigenvalue weighted by Gasteiger charge is 2.14. The predicted molar refractivity (Wildman–Crippen MR) is 67.0 cm³/mol. The normalized spacial score (nSPS) is 10.1. The molecule has 0 unspecified atom stereocenters. The zero-order valence-corrected chi connectivity index (χ0v) is 10.1. The van der Waals surface area contributed by atoms with E-state index in [2.05, 4.69) is 4.98 Å². The molecule has 0 saturated heterocycles. The van der Waals surface area contributed by atoms with Crippen LogP contribution in [0.5, 0.6) is 5.75 Å². The van der Waals surface area contributed by atoms with Crippen LogP contribution in [0.3, 0.4) is 0 Å². The number of hydrogen-bond donors (Lipinski definition) is 1. The molecule has 0 aliphatic rings. The maximum Gasteiger partial charge on any atom is 0.339 e. The van der Waals surface area contributed by atoms with Gasteiger partial charge in [0.15, 0.2) is 5.75 Å². The lowest BCUT2D eigenvalue weighted by molar-refractivity contribution is 0.0692. The summed E-state index contributed by atoms with van der Waals surface area (Å²) < 4.78 is 5.46. The fourth-order valence-electron chi connectivity index (χ4n) is 1.46. The third-order valence-electron chi connectivity index (χ3n) is 2.30. The van der Waals surface area contributed by atoms with Crippen LogP contribution in [0, 0.1) is 0 Å². The SMILES string of the molecule is O=C(O)c1cccc(Cl)c1OCc1cccnc1. The second-order valence-corrected chi connectivity index (χ2v) is 3.98. The number of rotatable bonds is 4. The Bertz CT molecular complexity index is 557. The van der Waals surface area contributed by atoms with Gasteiger partial charge < -0.3 is 9.84 Å². The summed E-state index contributed by atoms with van der Waals surface area (Å²) in [6, 6.07) is 8.23. The molecule has 1 heterocycles. The van der Waals surface area contributed by atoms with Gasteiger partial charge in [0.1, 0.15) is 12.2 Å². The van der Waals surface area contributed by atoms with Crippen LogP contribution in [-0.4, -0.2) is 16.1 Å². The molecule has 18 heavy (non-hydrogen) atoms. The average Bonchev–Trinajstić information content (AvgIpc) is 2.38. The van der Waals surface area contributed by atoms with E-state index in [1.54, 1.807) is 30.6 Å². The van der Waals surface area contributed by atoms with Crippen molar-refractivity contribution >= 4 is 17.6 Å². The molecule has 1 aromatic carbocycles. The molecule has 1 aromatic heterocycles. The van der Waals surface area contributed by atoms with Crippen molar-refractivity contribution < 1.29 is 14.6 Å². The van der Waals surface area contributed by atoms with Crippen LogP contribution in [0.15, 0.2) is 42.7 Å². The fraction of sp³-hybridized carbons (Fsp3) is 0.0769. The van der Waals surface area contributed by atoms with Crippen molar-refractivity contribution in [3.05, 3.63) is 58.9 Å². The first-order chi connectivity index (χ1) is 8.68. The molecule has 1 N–H and O–H groups in total. The van der Waals surface area contributed by atoms with Gasteiger partial charge in [0.2, 0.25) is 0 Å². The van der Waals surface area contributed by atoms with Gasteiger partial charge in [-0.25, -0.2) is 4.79 Å². The van der Waals surface area contributed by atoms with Gasteiger partial charge in [0.25, 0.3) is 0 Å². The summed E-state index contributed by atoms with van der Waals surface area (Å²) in [4.78, 5) is 15.0. The molecule has 0 atom stereocenters. The Balaban J connectivity index is 2.21. The maximum absolute atomic E-state index is 11.0. The number of para-hydroxylation sites is 1. The Labute approximate surface area is 109 Å². The molecule has 0 aliphatic heterocycles. The Hall–Kier alpha value is -2.07. The van der Waals surface area contributed by atoms with E-state index in [0.29, 0.717) is 0 Å². The van der Waals surface area contributed by atoms with Crippen molar-refractivity contribution in [3.8, 4) is 5.75 Å². The second-order valence-electron chi connectivity index (χ2n) is 3.57. The molecule has 5 heteroatoms. The van der Waals surface area contributed by atoms with E-state index in [1.165, 1.54) is 6.07 Å². The van der Waals surface area contributed by atoms with Gasteiger partial charge in [0, 0.05) is 18.0 Å². The quantitative estimate of drug-likeness (QED) is 0.921. The number of aromatic carboxylic acids is 1. The van der Waals surface area contributed by atoms with Gasteiger partial charge in [-0.15, -0.1) is 0 Å². The largest absolute Gasteiger partial charge is 0.486 e. The summed E-state index contributed by atoms with van der Waals surface area (Å²) in [6.07, 6.45) is 3.30.